The lowest BCUT2D eigenvalue weighted by Crippen LogP contribution is -2.05. The molecule has 0 amide bonds. The fraction of sp³-hybridized carbons (Fsp3) is 0.174. The monoisotopic (exact) mass is 343 g/mol. The van der Waals surface area contributed by atoms with Gasteiger partial charge in [-0.3, -0.25) is 4.79 Å². The van der Waals surface area contributed by atoms with Crippen molar-refractivity contribution in [3.05, 3.63) is 83.9 Å². The molecule has 26 heavy (non-hydrogen) atoms. The molecule has 0 saturated heterocycles. The van der Waals surface area contributed by atoms with E-state index in [1.54, 1.807) is 0 Å². The summed E-state index contributed by atoms with van der Waals surface area (Å²) in [6.07, 6.45) is 0. The molecule has 0 aliphatic carbocycles. The maximum Gasteiger partial charge on any atom is 0.193 e. The number of carbonyl (C=O) groups is 1. The molecule has 0 radical (unpaired) electrons. The minimum absolute atomic E-state index is 0.0543. The fourth-order valence-electron chi connectivity index (χ4n) is 3.49. The quantitative estimate of drug-likeness (QED) is 0.362. The van der Waals surface area contributed by atoms with E-state index in [0.717, 1.165) is 23.0 Å². The second-order valence-electron chi connectivity index (χ2n) is 6.29. The number of para-hydroxylation sites is 1. The number of nitrogens with zero attached hydrogens (tertiary/aromatic N) is 1. The first-order chi connectivity index (χ1) is 12.8. The summed E-state index contributed by atoms with van der Waals surface area (Å²) < 4.78 is 7.82. The Labute approximate surface area is 152 Å². The molecule has 4 aromatic rings. The molecule has 1 heterocycles. The molecule has 0 spiro atoms. The number of aromatic nitrogens is 1. The minimum Gasteiger partial charge on any atom is -0.380 e. The Bertz CT molecular complexity index is 1060. The van der Waals surface area contributed by atoms with Gasteiger partial charge in [-0.15, -0.1) is 0 Å². The van der Waals surface area contributed by atoms with Gasteiger partial charge in [-0.2, -0.15) is 0 Å². The van der Waals surface area contributed by atoms with Crippen LogP contribution in [0.15, 0.2) is 72.8 Å². The number of ether oxygens (including phenoxy) is 1. The van der Waals surface area contributed by atoms with Gasteiger partial charge in [-0.05, 0) is 31.2 Å². The van der Waals surface area contributed by atoms with Gasteiger partial charge in [-0.25, -0.2) is 0 Å². The summed E-state index contributed by atoms with van der Waals surface area (Å²) in [6.45, 7) is 4.19. The van der Waals surface area contributed by atoms with E-state index in [1.807, 2.05) is 55.5 Å². The van der Waals surface area contributed by atoms with Crippen LogP contribution >= 0.6 is 0 Å². The van der Waals surface area contributed by atoms with Crippen LogP contribution in [0.3, 0.4) is 0 Å². The molecule has 0 unspecified atom stereocenters. The summed E-state index contributed by atoms with van der Waals surface area (Å²) in [4.78, 5) is 12.8. The van der Waals surface area contributed by atoms with E-state index < -0.39 is 0 Å². The number of carbonyl (C=O) groups excluding carboxylic acids is 1. The van der Waals surface area contributed by atoms with E-state index in [9.17, 15) is 4.79 Å². The van der Waals surface area contributed by atoms with Crippen LogP contribution in [0.2, 0.25) is 0 Å². The van der Waals surface area contributed by atoms with Crippen molar-refractivity contribution in [3.63, 3.8) is 0 Å². The van der Waals surface area contributed by atoms with Gasteiger partial charge in [0.1, 0.15) is 0 Å². The van der Waals surface area contributed by atoms with Gasteiger partial charge in [0.15, 0.2) is 5.78 Å². The van der Waals surface area contributed by atoms with Crippen molar-refractivity contribution < 1.29 is 9.53 Å². The van der Waals surface area contributed by atoms with Gasteiger partial charge < -0.3 is 9.30 Å². The molecule has 3 heteroatoms. The highest BCUT2D eigenvalue weighted by Crippen LogP contribution is 2.30. The van der Waals surface area contributed by atoms with E-state index in [-0.39, 0.29) is 5.78 Å². The SMILES string of the molecule is CCOCCn1c2ccccc2c2cc(C(=O)c3ccccc3)ccc21. The Hall–Kier alpha value is -2.91. The fourth-order valence-corrected chi connectivity index (χ4v) is 3.49. The molecule has 1 aromatic heterocycles. The Morgan fingerprint density at radius 3 is 2.38 bits per heavy atom. The molecule has 0 aliphatic rings. The third-order valence-electron chi connectivity index (χ3n) is 4.73. The van der Waals surface area contributed by atoms with Crippen molar-refractivity contribution in [2.75, 3.05) is 13.2 Å². The van der Waals surface area contributed by atoms with E-state index in [4.69, 9.17) is 4.74 Å². The third-order valence-corrected chi connectivity index (χ3v) is 4.73. The highest BCUT2D eigenvalue weighted by atomic mass is 16.5. The van der Waals surface area contributed by atoms with Gasteiger partial charge in [0.05, 0.1) is 6.61 Å². The zero-order chi connectivity index (χ0) is 17.9. The standard InChI is InChI=1S/C23H21NO2/c1-2-26-15-14-24-21-11-7-6-10-19(21)20-16-18(12-13-22(20)24)23(25)17-8-4-3-5-9-17/h3-13,16H,2,14-15H2,1H3. The number of benzene rings is 3. The van der Waals surface area contributed by atoms with Crippen molar-refractivity contribution in [2.45, 2.75) is 13.5 Å². The van der Waals surface area contributed by atoms with Crippen LogP contribution in [0.4, 0.5) is 0 Å². The second kappa shape index (κ2) is 7.14. The van der Waals surface area contributed by atoms with Crippen LogP contribution in [-0.2, 0) is 11.3 Å². The van der Waals surface area contributed by atoms with Crippen molar-refractivity contribution in [3.8, 4) is 0 Å². The van der Waals surface area contributed by atoms with Crippen molar-refractivity contribution >= 4 is 27.6 Å². The number of rotatable bonds is 6. The summed E-state index contributed by atoms with van der Waals surface area (Å²) in [5.41, 5.74) is 3.74. The van der Waals surface area contributed by atoms with Gasteiger partial charge >= 0.3 is 0 Å². The highest BCUT2D eigenvalue weighted by Gasteiger charge is 2.14. The van der Waals surface area contributed by atoms with Crippen molar-refractivity contribution in [1.82, 2.24) is 4.57 Å². The highest BCUT2D eigenvalue weighted by molar-refractivity contribution is 6.14. The maximum absolute atomic E-state index is 12.8. The van der Waals surface area contributed by atoms with E-state index in [0.29, 0.717) is 18.8 Å². The maximum atomic E-state index is 12.8. The summed E-state index contributed by atoms with van der Waals surface area (Å²) in [5, 5.41) is 2.28. The Morgan fingerprint density at radius 2 is 1.58 bits per heavy atom. The molecule has 3 nitrogen and oxygen atoms in total. The summed E-state index contributed by atoms with van der Waals surface area (Å²) in [6, 6.07) is 23.8. The van der Waals surface area contributed by atoms with E-state index >= 15 is 0 Å². The van der Waals surface area contributed by atoms with Crippen LogP contribution in [-0.4, -0.2) is 23.6 Å². The van der Waals surface area contributed by atoms with Crippen LogP contribution in [0, 0.1) is 0 Å². The second-order valence-corrected chi connectivity index (χ2v) is 6.29. The molecule has 3 aromatic carbocycles. The predicted octanol–water partition coefficient (Wildman–Crippen LogP) is 5.06. The Kier molecular flexibility index (Phi) is 4.55. The molecule has 0 N–H and O–H groups in total. The van der Waals surface area contributed by atoms with Crippen LogP contribution in [0.5, 0.6) is 0 Å². The third kappa shape index (κ3) is 2.91. The molecule has 0 fully saturated rings. The van der Waals surface area contributed by atoms with Gasteiger partial charge in [-0.1, -0.05) is 48.5 Å². The summed E-state index contributed by atoms with van der Waals surface area (Å²) in [5.74, 6) is 0.0543. The lowest BCUT2D eigenvalue weighted by molar-refractivity contribution is 0.103. The van der Waals surface area contributed by atoms with E-state index in [2.05, 4.69) is 28.8 Å². The molecule has 4 rings (SSSR count). The lowest BCUT2D eigenvalue weighted by atomic mass is 10.0. The average molecular weight is 343 g/mol. The lowest BCUT2D eigenvalue weighted by Gasteiger charge is -2.08. The first-order valence-electron chi connectivity index (χ1n) is 8.98. The van der Waals surface area contributed by atoms with Crippen molar-refractivity contribution in [2.24, 2.45) is 0 Å². The van der Waals surface area contributed by atoms with Crippen LogP contribution in [0.25, 0.3) is 21.8 Å². The first kappa shape index (κ1) is 16.6. The Balaban J connectivity index is 1.83. The van der Waals surface area contributed by atoms with Gasteiger partial charge in [0, 0.05) is 46.1 Å². The molecule has 0 atom stereocenters. The average Bonchev–Trinajstić information content (AvgIpc) is 3.02. The molecular formula is C23H21NO2. The summed E-state index contributed by atoms with van der Waals surface area (Å²) >= 11 is 0. The first-order valence-corrected chi connectivity index (χ1v) is 8.98. The largest absolute Gasteiger partial charge is 0.380 e. The van der Waals surface area contributed by atoms with Crippen molar-refractivity contribution in [1.29, 1.82) is 0 Å². The van der Waals surface area contributed by atoms with E-state index in [1.165, 1.54) is 10.9 Å². The zero-order valence-corrected chi connectivity index (χ0v) is 14.8. The van der Waals surface area contributed by atoms with Crippen LogP contribution in [0.1, 0.15) is 22.8 Å². The molecule has 0 bridgehead atoms. The molecule has 130 valence electrons. The topological polar surface area (TPSA) is 31.2 Å². The van der Waals surface area contributed by atoms with Gasteiger partial charge in [0.25, 0.3) is 0 Å². The molecule has 0 aliphatic heterocycles. The smallest absolute Gasteiger partial charge is 0.193 e. The zero-order valence-electron chi connectivity index (χ0n) is 14.8. The minimum atomic E-state index is 0.0543. The number of fused-ring (bicyclic) bond motifs is 3. The number of hydrogen-bond acceptors (Lipinski definition) is 2. The van der Waals surface area contributed by atoms with Gasteiger partial charge in [0.2, 0.25) is 0 Å². The predicted molar refractivity (Wildman–Crippen MR) is 106 cm³/mol. The number of hydrogen-bond donors (Lipinski definition) is 0. The Morgan fingerprint density at radius 1 is 0.846 bits per heavy atom. The number of ketones is 1. The molecule has 0 saturated carbocycles. The normalized spacial score (nSPS) is 11.3. The van der Waals surface area contributed by atoms with Crippen LogP contribution < -0.4 is 0 Å². The molecular weight excluding hydrogens is 322 g/mol. The summed E-state index contributed by atoms with van der Waals surface area (Å²) in [7, 11) is 0.